The van der Waals surface area contributed by atoms with Gasteiger partial charge in [0.25, 0.3) is 0 Å². The zero-order valence-corrected chi connectivity index (χ0v) is 14.6. The van der Waals surface area contributed by atoms with Crippen LogP contribution in [0.5, 0.6) is 0 Å². The van der Waals surface area contributed by atoms with E-state index < -0.39 is 35.0 Å². The minimum atomic E-state index is -5.00. The first-order valence-corrected chi connectivity index (χ1v) is 7.94. The zero-order chi connectivity index (χ0) is 20.8. The van der Waals surface area contributed by atoms with E-state index in [2.05, 4.69) is 5.10 Å². The van der Waals surface area contributed by atoms with E-state index in [1.807, 2.05) is 0 Å². The summed E-state index contributed by atoms with van der Waals surface area (Å²) >= 11 is 0. The average Bonchev–Trinajstić information content (AvgIpc) is 2.95. The fourth-order valence-electron chi connectivity index (χ4n) is 2.96. The molecule has 0 atom stereocenters. The predicted molar refractivity (Wildman–Crippen MR) is 90.7 cm³/mol. The van der Waals surface area contributed by atoms with Gasteiger partial charge in [0, 0.05) is 12.6 Å². The number of hydrogen-bond donors (Lipinski definition) is 1. The first-order valence-electron chi connectivity index (χ1n) is 7.94. The maximum atomic E-state index is 14.0. The highest BCUT2D eigenvalue weighted by Crippen LogP contribution is 2.40. The van der Waals surface area contributed by atoms with Crippen LogP contribution in [0.3, 0.4) is 0 Å². The standard InChI is InChI=1S/C19H13F5N2O2/c1-9-3-4-10(7-14(9)21)13-8-11(20)5-6-12(13)16-15(18(27)28)17(19(22,23)24)25-26(16)2/h3-8H,1-2H3,(H,27,28). The number of aromatic carboxylic acids is 1. The van der Waals surface area contributed by atoms with Crippen molar-refractivity contribution in [3.8, 4) is 22.4 Å². The lowest BCUT2D eigenvalue weighted by Gasteiger charge is -2.13. The van der Waals surface area contributed by atoms with Crippen LogP contribution in [0.25, 0.3) is 22.4 Å². The molecule has 0 saturated carbocycles. The SMILES string of the molecule is Cc1ccc(-c2cc(F)ccc2-c2c(C(=O)O)c(C(F)(F)F)nn2C)cc1F. The van der Waals surface area contributed by atoms with E-state index >= 15 is 0 Å². The quantitative estimate of drug-likeness (QED) is 0.630. The summed E-state index contributed by atoms with van der Waals surface area (Å²) < 4.78 is 68.4. The van der Waals surface area contributed by atoms with Crippen LogP contribution in [-0.4, -0.2) is 20.9 Å². The van der Waals surface area contributed by atoms with E-state index in [0.29, 0.717) is 5.56 Å². The van der Waals surface area contributed by atoms with Gasteiger partial charge in [0.1, 0.15) is 17.2 Å². The van der Waals surface area contributed by atoms with E-state index in [9.17, 15) is 31.9 Å². The first kappa shape index (κ1) is 19.5. The molecule has 0 spiro atoms. The smallest absolute Gasteiger partial charge is 0.436 e. The Morgan fingerprint density at radius 3 is 2.32 bits per heavy atom. The third-order valence-electron chi connectivity index (χ3n) is 4.25. The van der Waals surface area contributed by atoms with Crippen LogP contribution in [0, 0.1) is 18.6 Å². The van der Waals surface area contributed by atoms with Crippen molar-refractivity contribution in [1.82, 2.24) is 9.78 Å². The molecule has 0 fully saturated rings. The van der Waals surface area contributed by atoms with Gasteiger partial charge in [-0.3, -0.25) is 4.68 Å². The van der Waals surface area contributed by atoms with Gasteiger partial charge < -0.3 is 5.11 Å². The maximum absolute atomic E-state index is 14.0. The Hall–Kier alpha value is -3.23. The van der Waals surface area contributed by atoms with E-state index in [0.717, 1.165) is 36.0 Å². The van der Waals surface area contributed by atoms with Crippen molar-refractivity contribution in [1.29, 1.82) is 0 Å². The molecule has 1 aromatic heterocycles. The maximum Gasteiger partial charge on any atom is 0.436 e. The van der Waals surface area contributed by atoms with Gasteiger partial charge >= 0.3 is 12.1 Å². The zero-order valence-electron chi connectivity index (χ0n) is 14.6. The van der Waals surface area contributed by atoms with Crippen molar-refractivity contribution in [3.05, 3.63) is 64.9 Å². The second kappa shape index (κ2) is 6.74. The number of hydrogen-bond acceptors (Lipinski definition) is 2. The molecule has 0 aliphatic rings. The van der Waals surface area contributed by atoms with Crippen molar-refractivity contribution in [2.75, 3.05) is 0 Å². The number of carboxylic acid groups (broad SMARTS) is 1. The molecule has 9 heteroatoms. The van der Waals surface area contributed by atoms with Crippen LogP contribution in [0.4, 0.5) is 22.0 Å². The molecule has 3 aromatic rings. The summed E-state index contributed by atoms with van der Waals surface area (Å²) in [6.45, 7) is 1.52. The number of benzene rings is 2. The van der Waals surface area contributed by atoms with E-state index in [4.69, 9.17) is 0 Å². The van der Waals surface area contributed by atoms with E-state index in [-0.39, 0.29) is 22.4 Å². The Bertz CT molecular complexity index is 1090. The van der Waals surface area contributed by atoms with Crippen LogP contribution in [0.2, 0.25) is 0 Å². The summed E-state index contributed by atoms with van der Waals surface area (Å²) in [5.41, 5.74) is -2.46. The van der Waals surface area contributed by atoms with Crippen LogP contribution < -0.4 is 0 Å². The van der Waals surface area contributed by atoms with Crippen molar-refractivity contribution in [3.63, 3.8) is 0 Å². The van der Waals surface area contributed by atoms with Gasteiger partial charge in [-0.05, 0) is 47.9 Å². The molecule has 1 heterocycles. The normalized spacial score (nSPS) is 11.7. The van der Waals surface area contributed by atoms with Crippen molar-refractivity contribution in [2.24, 2.45) is 7.05 Å². The fraction of sp³-hybridized carbons (Fsp3) is 0.158. The molecule has 0 saturated heterocycles. The summed E-state index contributed by atoms with van der Waals surface area (Å²) in [7, 11) is 1.15. The molecule has 2 aromatic carbocycles. The molecule has 0 bridgehead atoms. The summed E-state index contributed by atoms with van der Waals surface area (Å²) in [4.78, 5) is 11.6. The van der Waals surface area contributed by atoms with Crippen molar-refractivity contribution in [2.45, 2.75) is 13.1 Å². The van der Waals surface area contributed by atoms with Crippen LogP contribution in [-0.2, 0) is 13.2 Å². The average molecular weight is 396 g/mol. The lowest BCUT2D eigenvalue weighted by atomic mass is 9.94. The molecule has 28 heavy (non-hydrogen) atoms. The Balaban J connectivity index is 2.36. The summed E-state index contributed by atoms with van der Waals surface area (Å²) in [6.07, 6.45) is -5.00. The van der Waals surface area contributed by atoms with Gasteiger partial charge in [0.05, 0.1) is 5.69 Å². The molecule has 3 rings (SSSR count). The minimum absolute atomic E-state index is 0.0208. The number of nitrogens with zero attached hydrogens (tertiary/aromatic N) is 2. The van der Waals surface area contributed by atoms with Gasteiger partial charge in [-0.1, -0.05) is 12.1 Å². The molecule has 4 nitrogen and oxygen atoms in total. The van der Waals surface area contributed by atoms with Crippen molar-refractivity contribution >= 4 is 5.97 Å². The molecular formula is C19H13F5N2O2. The minimum Gasteiger partial charge on any atom is -0.478 e. The second-order valence-corrected chi connectivity index (χ2v) is 6.15. The lowest BCUT2D eigenvalue weighted by Crippen LogP contribution is -2.12. The van der Waals surface area contributed by atoms with Crippen LogP contribution >= 0.6 is 0 Å². The van der Waals surface area contributed by atoms with Crippen LogP contribution in [0.15, 0.2) is 36.4 Å². The number of aromatic nitrogens is 2. The highest BCUT2D eigenvalue weighted by atomic mass is 19.4. The number of rotatable bonds is 3. The Morgan fingerprint density at radius 1 is 1.07 bits per heavy atom. The van der Waals surface area contributed by atoms with Crippen molar-refractivity contribution < 1.29 is 31.9 Å². The molecule has 0 radical (unpaired) electrons. The third-order valence-corrected chi connectivity index (χ3v) is 4.25. The van der Waals surface area contributed by atoms with Gasteiger partial charge in [-0.15, -0.1) is 0 Å². The Labute approximate surface area is 155 Å². The third kappa shape index (κ3) is 3.35. The molecular weight excluding hydrogens is 383 g/mol. The second-order valence-electron chi connectivity index (χ2n) is 6.15. The molecule has 0 aliphatic carbocycles. The van der Waals surface area contributed by atoms with Crippen LogP contribution in [0.1, 0.15) is 21.6 Å². The Morgan fingerprint density at radius 2 is 1.75 bits per heavy atom. The predicted octanol–water partition coefficient (Wildman–Crippen LogP) is 5.06. The van der Waals surface area contributed by atoms with Gasteiger partial charge in [-0.2, -0.15) is 18.3 Å². The number of halogens is 5. The highest BCUT2D eigenvalue weighted by molar-refractivity contribution is 5.99. The molecule has 146 valence electrons. The molecule has 0 unspecified atom stereocenters. The number of carbonyl (C=O) groups is 1. The summed E-state index contributed by atoms with van der Waals surface area (Å²) in [5, 5.41) is 12.7. The molecule has 0 aliphatic heterocycles. The molecule has 1 N–H and O–H groups in total. The monoisotopic (exact) mass is 396 g/mol. The summed E-state index contributed by atoms with van der Waals surface area (Å²) in [5.74, 6) is -3.14. The largest absolute Gasteiger partial charge is 0.478 e. The van der Waals surface area contributed by atoms with Gasteiger partial charge in [0.2, 0.25) is 0 Å². The number of alkyl halides is 3. The topological polar surface area (TPSA) is 55.1 Å². The molecule has 0 amide bonds. The first-order chi connectivity index (χ1) is 13.0. The fourth-order valence-corrected chi connectivity index (χ4v) is 2.96. The van der Waals surface area contributed by atoms with E-state index in [1.165, 1.54) is 19.1 Å². The van der Waals surface area contributed by atoms with E-state index in [1.54, 1.807) is 0 Å². The lowest BCUT2D eigenvalue weighted by molar-refractivity contribution is -0.141. The highest BCUT2D eigenvalue weighted by Gasteiger charge is 2.41. The Kier molecular flexibility index (Phi) is 4.70. The van der Waals surface area contributed by atoms with Gasteiger partial charge in [0.15, 0.2) is 5.69 Å². The van der Waals surface area contributed by atoms with Gasteiger partial charge in [-0.25, -0.2) is 13.6 Å². The summed E-state index contributed by atoms with van der Waals surface area (Å²) in [6, 6.07) is 7.14. The number of aryl methyl sites for hydroxylation is 2. The number of carboxylic acids is 1.